The van der Waals surface area contributed by atoms with Gasteiger partial charge < -0.3 is 4.74 Å². The number of anilines is 1. The summed E-state index contributed by atoms with van der Waals surface area (Å²) in [5.74, 6) is -1.33. The molecular formula is C18H20ClFN2O5S2. The van der Waals surface area contributed by atoms with Gasteiger partial charge in [0.1, 0.15) is 11.6 Å². The van der Waals surface area contributed by atoms with Gasteiger partial charge in [-0.1, -0.05) is 17.7 Å². The second kappa shape index (κ2) is 8.47. The molecule has 1 heterocycles. The van der Waals surface area contributed by atoms with E-state index in [1.807, 2.05) is 0 Å². The molecule has 1 fully saturated rings. The summed E-state index contributed by atoms with van der Waals surface area (Å²) in [5, 5.41) is -0.0206. The molecule has 1 saturated heterocycles. The number of ether oxygens (including phenoxy) is 1. The highest BCUT2D eigenvalue weighted by molar-refractivity contribution is 7.92. The van der Waals surface area contributed by atoms with Crippen molar-refractivity contribution in [3.05, 3.63) is 52.8 Å². The topological polar surface area (TPSA) is 92.8 Å². The molecule has 0 unspecified atom stereocenters. The summed E-state index contributed by atoms with van der Waals surface area (Å²) in [6, 6.07) is 7.80. The molecule has 0 aliphatic carbocycles. The van der Waals surface area contributed by atoms with Crippen molar-refractivity contribution in [3.63, 3.8) is 0 Å². The molecule has 0 bridgehead atoms. The maximum Gasteiger partial charge on any atom is 0.243 e. The highest BCUT2D eigenvalue weighted by Gasteiger charge is 2.28. The van der Waals surface area contributed by atoms with Crippen LogP contribution in [-0.4, -0.2) is 41.3 Å². The predicted molar refractivity (Wildman–Crippen MR) is 109 cm³/mol. The van der Waals surface area contributed by atoms with Crippen LogP contribution in [0.4, 0.5) is 10.1 Å². The minimum Gasteiger partial charge on any atom is -0.495 e. The number of nitrogens with one attached hydrogen (secondary N) is 1. The molecule has 1 aliphatic rings. The molecular weight excluding hydrogens is 443 g/mol. The van der Waals surface area contributed by atoms with Crippen LogP contribution in [0, 0.1) is 5.82 Å². The molecule has 2 aromatic carbocycles. The fourth-order valence-electron chi connectivity index (χ4n) is 3.07. The number of hydrogen-bond acceptors (Lipinski definition) is 5. The van der Waals surface area contributed by atoms with Gasteiger partial charge in [-0.25, -0.2) is 21.2 Å². The van der Waals surface area contributed by atoms with E-state index in [-0.39, 0.29) is 26.9 Å². The van der Waals surface area contributed by atoms with Gasteiger partial charge in [-0.2, -0.15) is 4.31 Å². The van der Waals surface area contributed by atoms with Crippen molar-refractivity contribution in [1.29, 1.82) is 0 Å². The molecule has 3 rings (SSSR count). The van der Waals surface area contributed by atoms with Gasteiger partial charge in [0.2, 0.25) is 20.0 Å². The van der Waals surface area contributed by atoms with Crippen molar-refractivity contribution >= 4 is 37.3 Å². The summed E-state index contributed by atoms with van der Waals surface area (Å²) in [4.78, 5) is -0.0539. The van der Waals surface area contributed by atoms with Crippen LogP contribution in [0.2, 0.25) is 5.02 Å². The van der Waals surface area contributed by atoms with E-state index in [1.165, 1.54) is 41.7 Å². The van der Waals surface area contributed by atoms with Crippen LogP contribution in [0.1, 0.15) is 18.4 Å². The maximum atomic E-state index is 14.0. The lowest BCUT2D eigenvalue weighted by molar-refractivity contribution is 0.416. The summed E-state index contributed by atoms with van der Waals surface area (Å²) < 4.78 is 73.5. The Bertz CT molecular complexity index is 1100. The standard InChI is InChI=1S/C18H20ClFN2O5S2/c1-27-18-8-7-13(29(25,26)22-9-2-3-10-22)11-17(18)21-28(23,24)12-14-15(19)5-4-6-16(14)20/h4-8,11,21H,2-3,9-10,12H2,1H3. The van der Waals surface area contributed by atoms with E-state index >= 15 is 0 Å². The van der Waals surface area contributed by atoms with E-state index < -0.39 is 31.6 Å². The third-order valence-electron chi connectivity index (χ3n) is 4.54. The number of halogens is 2. The third kappa shape index (κ3) is 4.82. The molecule has 0 amide bonds. The molecule has 0 saturated carbocycles. The Morgan fingerprint density at radius 1 is 1.14 bits per heavy atom. The minimum absolute atomic E-state index is 0.0206. The molecule has 2 aromatic rings. The van der Waals surface area contributed by atoms with Crippen LogP contribution in [0.3, 0.4) is 0 Å². The van der Waals surface area contributed by atoms with Crippen molar-refractivity contribution in [2.45, 2.75) is 23.5 Å². The van der Waals surface area contributed by atoms with Gasteiger partial charge in [-0.05, 0) is 43.2 Å². The van der Waals surface area contributed by atoms with E-state index in [9.17, 15) is 21.2 Å². The summed E-state index contributed by atoms with van der Waals surface area (Å²) in [6.07, 6.45) is 1.55. The number of methoxy groups -OCH3 is 1. The van der Waals surface area contributed by atoms with Crippen molar-refractivity contribution in [1.82, 2.24) is 4.31 Å². The van der Waals surface area contributed by atoms with Crippen LogP contribution in [0.25, 0.3) is 0 Å². The zero-order chi connectivity index (χ0) is 21.2. The Morgan fingerprint density at radius 3 is 2.45 bits per heavy atom. The molecule has 0 radical (unpaired) electrons. The zero-order valence-corrected chi connectivity index (χ0v) is 17.9. The normalized spacial score (nSPS) is 15.4. The van der Waals surface area contributed by atoms with Gasteiger partial charge in [0, 0.05) is 23.7 Å². The zero-order valence-electron chi connectivity index (χ0n) is 15.6. The molecule has 11 heteroatoms. The Kier molecular flexibility index (Phi) is 6.37. The van der Waals surface area contributed by atoms with E-state index in [0.29, 0.717) is 13.1 Å². The molecule has 158 valence electrons. The first-order valence-electron chi connectivity index (χ1n) is 8.75. The summed E-state index contributed by atoms with van der Waals surface area (Å²) in [5.41, 5.74) is -0.235. The third-order valence-corrected chi connectivity index (χ3v) is 7.98. The van der Waals surface area contributed by atoms with Crippen molar-refractivity contribution in [2.75, 3.05) is 24.9 Å². The first kappa shape index (κ1) is 21.8. The predicted octanol–water partition coefficient (Wildman–Crippen LogP) is 3.21. The smallest absolute Gasteiger partial charge is 0.243 e. The number of sulfonamides is 2. The van der Waals surface area contributed by atoms with Crippen LogP contribution >= 0.6 is 11.6 Å². The quantitative estimate of drug-likeness (QED) is 0.682. The Labute approximate surface area is 174 Å². The molecule has 0 aromatic heterocycles. The van der Waals surface area contributed by atoms with Crippen molar-refractivity contribution < 1.29 is 26.0 Å². The van der Waals surface area contributed by atoms with Crippen LogP contribution in [-0.2, 0) is 25.8 Å². The van der Waals surface area contributed by atoms with E-state index in [0.717, 1.165) is 18.9 Å². The van der Waals surface area contributed by atoms with Gasteiger partial charge in [-0.3, -0.25) is 4.72 Å². The molecule has 29 heavy (non-hydrogen) atoms. The first-order chi connectivity index (χ1) is 13.6. The largest absolute Gasteiger partial charge is 0.495 e. The molecule has 7 nitrogen and oxygen atoms in total. The fraction of sp³-hybridized carbons (Fsp3) is 0.333. The summed E-state index contributed by atoms with van der Waals surface area (Å²) >= 11 is 5.91. The number of nitrogens with zero attached hydrogens (tertiary/aromatic N) is 1. The Hall–Kier alpha value is -1.88. The van der Waals surface area contributed by atoms with Crippen molar-refractivity contribution in [2.24, 2.45) is 0 Å². The van der Waals surface area contributed by atoms with Gasteiger partial charge in [0.25, 0.3) is 0 Å². The van der Waals surface area contributed by atoms with E-state index in [4.69, 9.17) is 16.3 Å². The van der Waals surface area contributed by atoms with E-state index in [1.54, 1.807) is 0 Å². The lowest BCUT2D eigenvalue weighted by Gasteiger charge is -2.18. The van der Waals surface area contributed by atoms with E-state index in [2.05, 4.69) is 4.72 Å². The number of rotatable bonds is 7. The van der Waals surface area contributed by atoms with Crippen LogP contribution in [0.5, 0.6) is 5.75 Å². The van der Waals surface area contributed by atoms with Gasteiger partial charge in [-0.15, -0.1) is 0 Å². The SMILES string of the molecule is COc1ccc(S(=O)(=O)N2CCCC2)cc1NS(=O)(=O)Cc1c(F)cccc1Cl. The number of hydrogen-bond donors (Lipinski definition) is 1. The summed E-state index contributed by atoms with van der Waals surface area (Å²) in [6.45, 7) is 0.836. The average Bonchev–Trinajstić information content (AvgIpc) is 3.20. The number of benzene rings is 2. The highest BCUT2D eigenvalue weighted by atomic mass is 35.5. The molecule has 1 aliphatic heterocycles. The molecule has 0 spiro atoms. The van der Waals surface area contributed by atoms with Gasteiger partial charge in [0.15, 0.2) is 0 Å². The second-order valence-electron chi connectivity index (χ2n) is 6.53. The highest BCUT2D eigenvalue weighted by Crippen LogP contribution is 2.31. The van der Waals surface area contributed by atoms with Gasteiger partial charge in [0.05, 0.1) is 23.4 Å². The lowest BCUT2D eigenvalue weighted by Crippen LogP contribution is -2.28. The lowest BCUT2D eigenvalue weighted by atomic mass is 10.2. The summed E-state index contributed by atoms with van der Waals surface area (Å²) in [7, 11) is -6.53. The molecule has 1 N–H and O–H groups in total. The fourth-order valence-corrected chi connectivity index (χ4v) is 6.16. The van der Waals surface area contributed by atoms with Crippen molar-refractivity contribution in [3.8, 4) is 5.75 Å². The Balaban J connectivity index is 1.93. The first-order valence-corrected chi connectivity index (χ1v) is 12.2. The average molecular weight is 463 g/mol. The maximum absolute atomic E-state index is 14.0. The molecule has 0 atom stereocenters. The minimum atomic E-state index is -4.11. The Morgan fingerprint density at radius 2 is 1.83 bits per heavy atom. The van der Waals surface area contributed by atoms with Gasteiger partial charge >= 0.3 is 0 Å². The second-order valence-corrected chi connectivity index (χ2v) is 10.6. The monoisotopic (exact) mass is 462 g/mol. The van der Waals surface area contributed by atoms with Crippen LogP contribution < -0.4 is 9.46 Å². The van der Waals surface area contributed by atoms with Crippen LogP contribution in [0.15, 0.2) is 41.3 Å².